The molecule has 2 heterocycles. The Labute approximate surface area is 153 Å². The molecule has 0 radical (unpaired) electrons. The predicted octanol–water partition coefficient (Wildman–Crippen LogP) is 3.92. The van der Waals surface area contributed by atoms with Crippen LogP contribution in [0.2, 0.25) is 0 Å². The second kappa shape index (κ2) is 6.61. The van der Waals surface area contributed by atoms with Gasteiger partial charge in [-0.15, -0.1) is 0 Å². The van der Waals surface area contributed by atoms with Gasteiger partial charge in [0.1, 0.15) is 11.3 Å². The van der Waals surface area contributed by atoms with E-state index in [9.17, 15) is 4.79 Å². The minimum atomic E-state index is -0.237. The van der Waals surface area contributed by atoms with Crippen molar-refractivity contribution in [2.24, 2.45) is 0 Å². The van der Waals surface area contributed by atoms with Crippen molar-refractivity contribution in [1.82, 2.24) is 15.4 Å². The molecule has 0 unspecified atom stereocenters. The van der Waals surface area contributed by atoms with Crippen LogP contribution in [-0.2, 0) is 0 Å². The van der Waals surface area contributed by atoms with Crippen molar-refractivity contribution in [3.63, 3.8) is 0 Å². The number of anilines is 1. The van der Waals surface area contributed by atoms with Crippen molar-refractivity contribution in [3.05, 3.63) is 59.8 Å². The summed E-state index contributed by atoms with van der Waals surface area (Å²) >= 11 is 1.44. The van der Waals surface area contributed by atoms with E-state index in [1.807, 2.05) is 49.4 Å². The van der Waals surface area contributed by atoms with Crippen LogP contribution in [0.3, 0.4) is 0 Å². The predicted molar refractivity (Wildman–Crippen MR) is 104 cm³/mol. The number of aromatic nitrogens is 2. The largest absolute Gasteiger partial charge is 0.494 e. The van der Waals surface area contributed by atoms with Crippen molar-refractivity contribution in [2.45, 2.75) is 6.92 Å². The summed E-state index contributed by atoms with van der Waals surface area (Å²) in [6.07, 6.45) is 0. The SMILES string of the molecule is COc1cccc2sc(NNC(=O)c3ccc4nc(C)ccc4c3)nc12. The molecule has 0 saturated carbocycles. The number of amides is 1. The number of nitrogens with zero attached hydrogens (tertiary/aromatic N) is 2. The molecule has 4 rings (SSSR count). The number of methoxy groups -OCH3 is 1. The summed E-state index contributed by atoms with van der Waals surface area (Å²) in [4.78, 5) is 21.3. The Morgan fingerprint density at radius 1 is 1.12 bits per heavy atom. The Balaban J connectivity index is 1.52. The zero-order valence-corrected chi connectivity index (χ0v) is 15.1. The van der Waals surface area contributed by atoms with Crippen LogP contribution in [0, 0.1) is 6.92 Å². The first-order valence-electron chi connectivity index (χ1n) is 8.01. The zero-order valence-electron chi connectivity index (χ0n) is 14.2. The minimum absolute atomic E-state index is 0.237. The molecular weight excluding hydrogens is 348 g/mol. The number of benzene rings is 2. The second-order valence-corrected chi connectivity index (χ2v) is 6.80. The number of aryl methyl sites for hydroxylation is 1. The third kappa shape index (κ3) is 3.04. The van der Waals surface area contributed by atoms with Gasteiger partial charge in [-0.1, -0.05) is 23.5 Å². The standard InChI is InChI=1S/C19H16N4O2S/c1-11-6-7-12-10-13(8-9-14(12)20-11)18(24)22-23-19-21-17-15(25-2)4-3-5-16(17)26-19/h3-10H,1-2H3,(H,21,23)(H,22,24). The summed E-state index contributed by atoms with van der Waals surface area (Å²) in [6, 6.07) is 15.0. The number of hydrazine groups is 1. The van der Waals surface area contributed by atoms with Gasteiger partial charge in [0.05, 0.1) is 17.3 Å². The summed E-state index contributed by atoms with van der Waals surface area (Å²) in [5.41, 5.74) is 8.70. The van der Waals surface area contributed by atoms with Crippen molar-refractivity contribution < 1.29 is 9.53 Å². The van der Waals surface area contributed by atoms with E-state index in [1.54, 1.807) is 13.2 Å². The molecule has 7 heteroatoms. The molecule has 1 amide bonds. The van der Waals surface area contributed by atoms with Gasteiger partial charge in [-0.05, 0) is 43.3 Å². The number of carbonyl (C=O) groups is 1. The highest BCUT2D eigenvalue weighted by molar-refractivity contribution is 7.22. The van der Waals surface area contributed by atoms with Crippen molar-refractivity contribution in [3.8, 4) is 5.75 Å². The second-order valence-electron chi connectivity index (χ2n) is 5.77. The first-order valence-corrected chi connectivity index (χ1v) is 8.83. The smallest absolute Gasteiger partial charge is 0.269 e. The molecule has 4 aromatic rings. The average Bonchev–Trinajstić information content (AvgIpc) is 3.08. The Kier molecular flexibility index (Phi) is 4.14. The van der Waals surface area contributed by atoms with Gasteiger partial charge in [-0.3, -0.25) is 20.6 Å². The number of ether oxygens (including phenoxy) is 1. The van der Waals surface area contributed by atoms with E-state index in [0.717, 1.165) is 26.8 Å². The molecule has 6 nitrogen and oxygen atoms in total. The summed E-state index contributed by atoms with van der Waals surface area (Å²) in [7, 11) is 1.61. The Bertz CT molecular complexity index is 1120. The van der Waals surface area contributed by atoms with Crippen LogP contribution in [0.15, 0.2) is 48.5 Å². The normalized spacial score (nSPS) is 10.8. The van der Waals surface area contributed by atoms with E-state index >= 15 is 0 Å². The van der Waals surface area contributed by atoms with Crippen LogP contribution >= 0.6 is 11.3 Å². The molecule has 2 aromatic heterocycles. The van der Waals surface area contributed by atoms with E-state index in [1.165, 1.54) is 11.3 Å². The van der Waals surface area contributed by atoms with Crippen LogP contribution in [-0.4, -0.2) is 23.0 Å². The fourth-order valence-corrected chi connectivity index (χ4v) is 3.53. The number of rotatable bonds is 4. The zero-order chi connectivity index (χ0) is 18.1. The quantitative estimate of drug-likeness (QED) is 0.537. The molecule has 2 aromatic carbocycles. The lowest BCUT2D eigenvalue weighted by Crippen LogP contribution is -2.29. The molecule has 0 spiro atoms. The lowest BCUT2D eigenvalue weighted by Gasteiger charge is -2.06. The first-order chi connectivity index (χ1) is 12.6. The third-order valence-corrected chi connectivity index (χ3v) is 4.91. The molecule has 0 aliphatic heterocycles. The van der Waals surface area contributed by atoms with Crippen LogP contribution in [0.25, 0.3) is 21.1 Å². The van der Waals surface area contributed by atoms with E-state index in [4.69, 9.17) is 4.74 Å². The number of para-hydroxylation sites is 1. The molecule has 0 saturated heterocycles. The lowest BCUT2D eigenvalue weighted by atomic mass is 10.1. The van der Waals surface area contributed by atoms with Crippen molar-refractivity contribution >= 4 is 43.5 Å². The lowest BCUT2D eigenvalue weighted by molar-refractivity contribution is 0.0963. The Morgan fingerprint density at radius 3 is 2.85 bits per heavy atom. The number of hydrogen-bond donors (Lipinski definition) is 2. The summed E-state index contributed by atoms with van der Waals surface area (Å²) < 4.78 is 6.29. The monoisotopic (exact) mass is 364 g/mol. The van der Waals surface area contributed by atoms with Crippen molar-refractivity contribution in [2.75, 3.05) is 12.5 Å². The van der Waals surface area contributed by atoms with E-state index < -0.39 is 0 Å². The van der Waals surface area contributed by atoms with Gasteiger partial charge < -0.3 is 4.74 Å². The number of nitrogens with one attached hydrogen (secondary N) is 2. The summed E-state index contributed by atoms with van der Waals surface area (Å²) in [6.45, 7) is 1.94. The summed E-state index contributed by atoms with van der Waals surface area (Å²) in [5, 5.41) is 1.52. The first kappa shape index (κ1) is 16.3. The molecular formula is C19H16N4O2S. The van der Waals surface area contributed by atoms with Crippen LogP contribution in [0.1, 0.15) is 16.1 Å². The maximum Gasteiger partial charge on any atom is 0.269 e. The number of carbonyl (C=O) groups excluding carboxylic acids is 1. The minimum Gasteiger partial charge on any atom is -0.494 e. The third-order valence-electron chi connectivity index (χ3n) is 3.98. The van der Waals surface area contributed by atoms with Gasteiger partial charge in [0.2, 0.25) is 5.13 Å². The molecule has 2 N–H and O–H groups in total. The van der Waals surface area contributed by atoms with Gasteiger partial charge in [-0.25, -0.2) is 4.98 Å². The number of fused-ring (bicyclic) bond motifs is 2. The average molecular weight is 364 g/mol. The number of hydrogen-bond acceptors (Lipinski definition) is 6. The molecule has 130 valence electrons. The van der Waals surface area contributed by atoms with Crippen molar-refractivity contribution in [1.29, 1.82) is 0 Å². The highest BCUT2D eigenvalue weighted by Gasteiger charge is 2.10. The number of thiazole rings is 1. The fraction of sp³-hybridized carbons (Fsp3) is 0.105. The molecule has 0 bridgehead atoms. The van der Waals surface area contributed by atoms with Gasteiger partial charge in [0, 0.05) is 16.6 Å². The fourth-order valence-electron chi connectivity index (χ4n) is 2.69. The van der Waals surface area contributed by atoms with E-state index in [-0.39, 0.29) is 5.91 Å². The molecule has 0 atom stereocenters. The molecule has 0 aliphatic carbocycles. The van der Waals surface area contributed by atoms with E-state index in [0.29, 0.717) is 16.4 Å². The van der Waals surface area contributed by atoms with Gasteiger partial charge in [0.15, 0.2) is 0 Å². The summed E-state index contributed by atoms with van der Waals surface area (Å²) in [5.74, 6) is 0.467. The van der Waals surface area contributed by atoms with Crippen LogP contribution < -0.4 is 15.6 Å². The van der Waals surface area contributed by atoms with Crippen LogP contribution in [0.5, 0.6) is 5.75 Å². The van der Waals surface area contributed by atoms with Gasteiger partial charge >= 0.3 is 0 Å². The Hall–Kier alpha value is -3.19. The maximum absolute atomic E-state index is 12.4. The number of pyridine rings is 1. The molecule has 0 aliphatic rings. The van der Waals surface area contributed by atoms with E-state index in [2.05, 4.69) is 20.8 Å². The highest BCUT2D eigenvalue weighted by atomic mass is 32.1. The van der Waals surface area contributed by atoms with Crippen LogP contribution in [0.4, 0.5) is 5.13 Å². The van der Waals surface area contributed by atoms with Gasteiger partial charge in [-0.2, -0.15) is 0 Å². The topological polar surface area (TPSA) is 76.1 Å². The molecule has 26 heavy (non-hydrogen) atoms. The Morgan fingerprint density at radius 2 is 2.00 bits per heavy atom. The highest BCUT2D eigenvalue weighted by Crippen LogP contribution is 2.31. The van der Waals surface area contributed by atoms with Gasteiger partial charge in [0.25, 0.3) is 5.91 Å². The maximum atomic E-state index is 12.4. The molecule has 0 fully saturated rings.